The molecule has 2 aromatic rings. The van der Waals surface area contributed by atoms with E-state index in [2.05, 4.69) is 35.8 Å². The Bertz CT molecular complexity index is 622. The van der Waals surface area contributed by atoms with E-state index in [-0.39, 0.29) is 13.0 Å². The molecule has 1 heterocycles. The van der Waals surface area contributed by atoms with Crippen molar-refractivity contribution in [3.05, 3.63) is 30.0 Å². The molecule has 0 aliphatic carbocycles. The van der Waals surface area contributed by atoms with Crippen LogP contribution in [0.3, 0.4) is 0 Å². The summed E-state index contributed by atoms with van der Waals surface area (Å²) >= 11 is 0. The lowest BCUT2D eigenvalue weighted by molar-refractivity contribution is 0.0233. The Morgan fingerprint density at radius 1 is 1.26 bits per heavy atom. The summed E-state index contributed by atoms with van der Waals surface area (Å²) in [6, 6.07) is 6.12. The van der Waals surface area contributed by atoms with Crippen LogP contribution in [-0.2, 0) is 15.9 Å². The van der Waals surface area contributed by atoms with E-state index in [0.717, 1.165) is 29.6 Å². The highest BCUT2D eigenvalue weighted by atomic mass is 16.7. The van der Waals surface area contributed by atoms with Gasteiger partial charge in [0.25, 0.3) is 0 Å². The van der Waals surface area contributed by atoms with Gasteiger partial charge in [-0.2, -0.15) is 0 Å². The van der Waals surface area contributed by atoms with Gasteiger partial charge in [0, 0.05) is 31.8 Å². The van der Waals surface area contributed by atoms with E-state index in [9.17, 15) is 0 Å². The second-order valence-electron chi connectivity index (χ2n) is 5.86. The molecule has 0 saturated carbocycles. The zero-order valence-electron chi connectivity index (χ0n) is 14.8. The number of nitrogens with zero attached hydrogens (tertiary/aromatic N) is 2. The molecule has 0 saturated heterocycles. The first-order chi connectivity index (χ1) is 11.1. The molecule has 2 rings (SSSR count). The fourth-order valence-electron chi connectivity index (χ4n) is 2.62. The number of hydrogen-bond acceptors (Lipinski definition) is 4. The lowest BCUT2D eigenvalue weighted by Crippen LogP contribution is -2.15. The van der Waals surface area contributed by atoms with Crippen LogP contribution in [0.2, 0.25) is 0 Å². The van der Waals surface area contributed by atoms with Gasteiger partial charge in [0.2, 0.25) is 0 Å². The van der Waals surface area contributed by atoms with Crippen LogP contribution in [0.15, 0.2) is 24.4 Å². The Kier molecular flexibility index (Phi) is 6.45. The number of aromatic nitrogens is 1. The number of likely N-dealkylation sites (N-methyl/N-ethyl adjacent to an activating group) is 1. The van der Waals surface area contributed by atoms with E-state index >= 15 is 0 Å². The van der Waals surface area contributed by atoms with Gasteiger partial charge in [0.15, 0.2) is 6.79 Å². The van der Waals surface area contributed by atoms with Gasteiger partial charge in [-0.15, -0.1) is 0 Å². The van der Waals surface area contributed by atoms with Crippen molar-refractivity contribution in [3.8, 4) is 5.75 Å². The highest BCUT2D eigenvalue weighted by Crippen LogP contribution is 2.33. The van der Waals surface area contributed by atoms with Crippen LogP contribution in [0.25, 0.3) is 10.9 Å². The van der Waals surface area contributed by atoms with Crippen LogP contribution in [0.4, 0.5) is 0 Å². The Balaban J connectivity index is 2.43. The molecule has 5 nitrogen and oxygen atoms in total. The number of hydrogen-bond donors (Lipinski definition) is 0. The highest BCUT2D eigenvalue weighted by molar-refractivity contribution is 5.90. The molecular formula is C18H28N2O3. The van der Waals surface area contributed by atoms with Crippen LogP contribution in [0.5, 0.6) is 5.75 Å². The average molecular weight is 320 g/mol. The predicted octanol–water partition coefficient (Wildman–Crippen LogP) is 3.28. The Morgan fingerprint density at radius 3 is 2.70 bits per heavy atom. The number of fused-ring (bicyclic) bond motifs is 1. The Morgan fingerprint density at radius 2 is 2.04 bits per heavy atom. The standard InChI is InChI=1S/C18H28N2O3/c1-6-22-13-23-17-9-7-8-16-18(17)15(10-11-19(3)4)12-20(16)14(2)21-5/h7-9,12,14H,6,10-11,13H2,1-5H3. The summed E-state index contributed by atoms with van der Waals surface area (Å²) in [5.41, 5.74) is 2.40. The van der Waals surface area contributed by atoms with Gasteiger partial charge in [-0.25, -0.2) is 0 Å². The molecule has 1 aromatic carbocycles. The van der Waals surface area contributed by atoms with Crippen LogP contribution in [0.1, 0.15) is 25.6 Å². The maximum Gasteiger partial charge on any atom is 0.189 e. The normalized spacial score (nSPS) is 13.0. The third kappa shape index (κ3) is 4.25. The molecule has 23 heavy (non-hydrogen) atoms. The number of ether oxygens (including phenoxy) is 3. The fraction of sp³-hybridized carbons (Fsp3) is 0.556. The van der Waals surface area contributed by atoms with Gasteiger partial charge in [-0.3, -0.25) is 0 Å². The summed E-state index contributed by atoms with van der Waals surface area (Å²) < 4.78 is 18.9. The Hall–Kier alpha value is -1.56. The minimum atomic E-state index is -0.0206. The van der Waals surface area contributed by atoms with E-state index in [1.807, 2.05) is 26.0 Å². The largest absolute Gasteiger partial charge is 0.467 e. The van der Waals surface area contributed by atoms with Crippen molar-refractivity contribution in [2.45, 2.75) is 26.5 Å². The van der Waals surface area contributed by atoms with Crippen LogP contribution in [-0.4, -0.2) is 50.6 Å². The van der Waals surface area contributed by atoms with E-state index in [1.165, 1.54) is 5.56 Å². The number of benzene rings is 1. The molecule has 128 valence electrons. The zero-order chi connectivity index (χ0) is 16.8. The van der Waals surface area contributed by atoms with Gasteiger partial charge >= 0.3 is 0 Å². The second-order valence-corrected chi connectivity index (χ2v) is 5.86. The van der Waals surface area contributed by atoms with Gasteiger partial charge in [-0.1, -0.05) is 6.07 Å². The van der Waals surface area contributed by atoms with Crippen molar-refractivity contribution in [2.24, 2.45) is 0 Å². The van der Waals surface area contributed by atoms with Crippen LogP contribution >= 0.6 is 0 Å². The van der Waals surface area contributed by atoms with Gasteiger partial charge < -0.3 is 23.7 Å². The summed E-state index contributed by atoms with van der Waals surface area (Å²) in [5, 5.41) is 1.15. The molecule has 0 fully saturated rings. The monoisotopic (exact) mass is 320 g/mol. The maximum atomic E-state index is 5.84. The van der Waals surface area contributed by atoms with E-state index in [4.69, 9.17) is 14.2 Å². The summed E-state index contributed by atoms with van der Waals surface area (Å²) in [7, 11) is 5.90. The summed E-state index contributed by atoms with van der Waals surface area (Å²) in [6.45, 7) is 5.91. The van der Waals surface area contributed by atoms with Crippen molar-refractivity contribution in [1.29, 1.82) is 0 Å². The Labute approximate surface area is 138 Å². The zero-order valence-corrected chi connectivity index (χ0v) is 14.8. The second kappa shape index (κ2) is 8.34. The lowest BCUT2D eigenvalue weighted by atomic mass is 10.1. The first-order valence-corrected chi connectivity index (χ1v) is 8.09. The van der Waals surface area contributed by atoms with Gasteiger partial charge in [0.05, 0.1) is 5.52 Å². The number of rotatable bonds is 9. The third-order valence-corrected chi connectivity index (χ3v) is 3.96. The summed E-state index contributed by atoms with van der Waals surface area (Å²) in [4.78, 5) is 2.19. The van der Waals surface area contributed by atoms with Crippen molar-refractivity contribution in [2.75, 3.05) is 41.1 Å². The molecular weight excluding hydrogens is 292 g/mol. The minimum Gasteiger partial charge on any atom is -0.467 e. The minimum absolute atomic E-state index is 0.0206. The van der Waals surface area contributed by atoms with E-state index < -0.39 is 0 Å². The molecule has 0 bridgehead atoms. The molecule has 1 aromatic heterocycles. The molecule has 1 atom stereocenters. The summed E-state index contributed by atoms with van der Waals surface area (Å²) in [5.74, 6) is 0.867. The quantitative estimate of drug-likeness (QED) is 0.525. The first-order valence-electron chi connectivity index (χ1n) is 8.09. The molecule has 0 spiro atoms. The molecule has 5 heteroatoms. The van der Waals surface area contributed by atoms with Crippen LogP contribution < -0.4 is 4.74 Å². The average Bonchev–Trinajstić information content (AvgIpc) is 2.92. The predicted molar refractivity (Wildman–Crippen MR) is 93.0 cm³/mol. The smallest absolute Gasteiger partial charge is 0.189 e. The third-order valence-electron chi connectivity index (χ3n) is 3.96. The molecule has 0 aliphatic rings. The van der Waals surface area contributed by atoms with E-state index in [0.29, 0.717) is 6.61 Å². The SMILES string of the molecule is CCOCOc1cccc2c1c(CCN(C)C)cn2C(C)OC. The topological polar surface area (TPSA) is 35.9 Å². The number of methoxy groups -OCH3 is 1. The van der Waals surface area contributed by atoms with Crippen molar-refractivity contribution < 1.29 is 14.2 Å². The molecule has 1 unspecified atom stereocenters. The highest BCUT2D eigenvalue weighted by Gasteiger charge is 2.16. The van der Waals surface area contributed by atoms with Crippen molar-refractivity contribution in [1.82, 2.24) is 9.47 Å². The summed E-state index contributed by atoms with van der Waals surface area (Å²) in [6.07, 6.45) is 3.12. The molecule has 0 aliphatic heterocycles. The van der Waals surface area contributed by atoms with Crippen molar-refractivity contribution >= 4 is 10.9 Å². The fourth-order valence-corrected chi connectivity index (χ4v) is 2.62. The van der Waals surface area contributed by atoms with Crippen LogP contribution in [0, 0.1) is 0 Å². The van der Waals surface area contributed by atoms with Crippen molar-refractivity contribution in [3.63, 3.8) is 0 Å². The molecule has 0 N–H and O–H groups in total. The molecule has 0 radical (unpaired) electrons. The van der Waals surface area contributed by atoms with Gasteiger partial charge in [0.1, 0.15) is 12.0 Å². The molecule has 0 amide bonds. The first kappa shape index (κ1) is 17.8. The lowest BCUT2D eigenvalue weighted by Gasteiger charge is -2.13. The van der Waals surface area contributed by atoms with Gasteiger partial charge in [-0.05, 0) is 52.1 Å². The van der Waals surface area contributed by atoms with E-state index in [1.54, 1.807) is 7.11 Å². The maximum absolute atomic E-state index is 5.84.